The second-order valence-electron chi connectivity index (χ2n) is 6.12. The van der Waals surface area contributed by atoms with Crippen LogP contribution in [-0.4, -0.2) is 44.7 Å². The highest BCUT2D eigenvalue weighted by atomic mass is 16.5. The second kappa shape index (κ2) is 5.73. The Morgan fingerprint density at radius 2 is 2.22 bits per heavy atom. The first-order chi connectivity index (χ1) is 11.2. The van der Waals surface area contributed by atoms with Gasteiger partial charge in [0.15, 0.2) is 0 Å². The van der Waals surface area contributed by atoms with E-state index >= 15 is 0 Å². The van der Waals surface area contributed by atoms with E-state index in [4.69, 9.17) is 4.74 Å². The van der Waals surface area contributed by atoms with Crippen molar-refractivity contribution in [2.75, 3.05) is 7.11 Å². The SMILES string of the molecule is CO[C@H]1C[C@H](NC(=O)c2nc(-n3ccnc3)nc3c2CCC3)C1. The topological polar surface area (TPSA) is 81.9 Å². The van der Waals surface area contributed by atoms with E-state index in [1.807, 2.05) is 0 Å². The van der Waals surface area contributed by atoms with Gasteiger partial charge in [-0.25, -0.2) is 15.0 Å². The summed E-state index contributed by atoms with van der Waals surface area (Å²) in [7, 11) is 1.71. The molecule has 1 amide bonds. The molecule has 0 aromatic carbocycles. The monoisotopic (exact) mass is 313 g/mol. The zero-order valence-electron chi connectivity index (χ0n) is 13.0. The molecule has 2 heterocycles. The third-order valence-electron chi connectivity index (χ3n) is 4.64. The fourth-order valence-electron chi connectivity index (χ4n) is 3.23. The Bertz CT molecular complexity index is 722. The molecule has 1 N–H and O–H groups in total. The van der Waals surface area contributed by atoms with E-state index in [1.165, 1.54) is 0 Å². The van der Waals surface area contributed by atoms with E-state index in [-0.39, 0.29) is 18.1 Å². The number of fused-ring (bicyclic) bond motifs is 1. The van der Waals surface area contributed by atoms with Gasteiger partial charge in [0.1, 0.15) is 12.0 Å². The van der Waals surface area contributed by atoms with Gasteiger partial charge in [-0.3, -0.25) is 9.36 Å². The van der Waals surface area contributed by atoms with Crippen LogP contribution in [-0.2, 0) is 17.6 Å². The number of carbonyl (C=O) groups excluding carboxylic acids is 1. The molecule has 2 aliphatic carbocycles. The Balaban J connectivity index is 1.61. The maximum Gasteiger partial charge on any atom is 0.270 e. The molecule has 0 unspecified atom stereocenters. The Morgan fingerprint density at radius 3 is 2.96 bits per heavy atom. The Labute approximate surface area is 134 Å². The molecular weight excluding hydrogens is 294 g/mol. The molecule has 7 nitrogen and oxygen atoms in total. The quantitative estimate of drug-likeness (QED) is 0.912. The average Bonchev–Trinajstić information content (AvgIpc) is 3.19. The van der Waals surface area contributed by atoms with E-state index in [9.17, 15) is 4.79 Å². The normalized spacial score (nSPS) is 22.5. The van der Waals surface area contributed by atoms with Gasteiger partial charge < -0.3 is 10.1 Å². The van der Waals surface area contributed by atoms with Gasteiger partial charge in [0.05, 0.1) is 6.10 Å². The van der Waals surface area contributed by atoms with Gasteiger partial charge in [-0.2, -0.15) is 0 Å². The molecule has 0 atom stereocenters. The van der Waals surface area contributed by atoms with Crippen molar-refractivity contribution in [2.45, 2.75) is 44.2 Å². The number of imidazole rings is 1. The molecule has 4 rings (SSSR count). The second-order valence-corrected chi connectivity index (χ2v) is 6.12. The Morgan fingerprint density at radius 1 is 1.35 bits per heavy atom. The van der Waals surface area contributed by atoms with Gasteiger partial charge in [0, 0.05) is 36.8 Å². The zero-order chi connectivity index (χ0) is 15.8. The van der Waals surface area contributed by atoms with Crippen molar-refractivity contribution in [1.82, 2.24) is 24.8 Å². The molecule has 120 valence electrons. The van der Waals surface area contributed by atoms with Gasteiger partial charge in [-0.15, -0.1) is 0 Å². The molecule has 1 fully saturated rings. The minimum atomic E-state index is -0.105. The smallest absolute Gasteiger partial charge is 0.270 e. The highest BCUT2D eigenvalue weighted by Crippen LogP contribution is 2.26. The molecule has 0 spiro atoms. The van der Waals surface area contributed by atoms with Crippen LogP contribution in [0.4, 0.5) is 0 Å². The molecule has 2 aliphatic rings. The van der Waals surface area contributed by atoms with E-state index in [0.29, 0.717) is 11.6 Å². The van der Waals surface area contributed by atoms with Gasteiger partial charge in [0.2, 0.25) is 5.95 Å². The first kappa shape index (κ1) is 14.3. The Kier molecular flexibility index (Phi) is 3.57. The van der Waals surface area contributed by atoms with Crippen molar-refractivity contribution < 1.29 is 9.53 Å². The summed E-state index contributed by atoms with van der Waals surface area (Å²) in [6.07, 6.45) is 9.89. The third kappa shape index (κ3) is 2.61. The fraction of sp³-hybridized carbons (Fsp3) is 0.500. The fourth-order valence-corrected chi connectivity index (χ4v) is 3.23. The van der Waals surface area contributed by atoms with Crippen molar-refractivity contribution in [3.05, 3.63) is 35.7 Å². The predicted molar refractivity (Wildman–Crippen MR) is 82.5 cm³/mol. The number of ether oxygens (including phenoxy) is 1. The first-order valence-corrected chi connectivity index (χ1v) is 7.96. The molecule has 2 aromatic rings. The number of aryl methyl sites for hydroxylation is 1. The molecule has 23 heavy (non-hydrogen) atoms. The lowest BCUT2D eigenvalue weighted by atomic mass is 9.89. The van der Waals surface area contributed by atoms with Gasteiger partial charge >= 0.3 is 0 Å². The number of hydrogen-bond acceptors (Lipinski definition) is 5. The van der Waals surface area contributed by atoms with Crippen molar-refractivity contribution in [3.8, 4) is 5.95 Å². The average molecular weight is 313 g/mol. The lowest BCUT2D eigenvalue weighted by Gasteiger charge is -2.34. The lowest BCUT2D eigenvalue weighted by Crippen LogP contribution is -2.47. The van der Waals surface area contributed by atoms with Crippen LogP contribution in [0.15, 0.2) is 18.7 Å². The number of hydrogen-bond donors (Lipinski definition) is 1. The van der Waals surface area contributed by atoms with E-state index in [2.05, 4.69) is 20.3 Å². The number of aromatic nitrogens is 4. The maximum atomic E-state index is 12.7. The van der Waals surface area contributed by atoms with Crippen molar-refractivity contribution in [1.29, 1.82) is 0 Å². The molecule has 1 saturated carbocycles. The standard InChI is InChI=1S/C16H19N5O2/c1-23-11-7-10(8-11)18-15(22)14-12-3-2-4-13(12)19-16(20-14)21-6-5-17-9-21/h5-6,9-11H,2-4,7-8H2,1H3,(H,18,22)/t10-,11-. The number of carbonyl (C=O) groups is 1. The summed E-state index contributed by atoms with van der Waals surface area (Å²) < 4.78 is 6.99. The summed E-state index contributed by atoms with van der Waals surface area (Å²) in [5, 5.41) is 3.07. The predicted octanol–water partition coefficient (Wildman–Crippen LogP) is 1.06. The van der Waals surface area contributed by atoms with Crippen LogP contribution >= 0.6 is 0 Å². The minimum absolute atomic E-state index is 0.105. The Hall–Kier alpha value is -2.28. The number of rotatable bonds is 4. The first-order valence-electron chi connectivity index (χ1n) is 7.96. The minimum Gasteiger partial charge on any atom is -0.381 e. The molecule has 0 aliphatic heterocycles. The van der Waals surface area contributed by atoms with Crippen LogP contribution in [0.5, 0.6) is 0 Å². The van der Waals surface area contributed by atoms with E-state index < -0.39 is 0 Å². The summed E-state index contributed by atoms with van der Waals surface area (Å²) in [5.74, 6) is 0.406. The highest BCUT2D eigenvalue weighted by Gasteiger charge is 2.32. The summed E-state index contributed by atoms with van der Waals surface area (Å²) in [6, 6.07) is 0.177. The molecule has 2 aromatic heterocycles. The summed E-state index contributed by atoms with van der Waals surface area (Å²) in [4.78, 5) is 25.8. The molecule has 0 radical (unpaired) electrons. The van der Waals surface area contributed by atoms with Gasteiger partial charge in [-0.1, -0.05) is 0 Å². The van der Waals surface area contributed by atoms with Crippen LogP contribution in [0.2, 0.25) is 0 Å². The largest absolute Gasteiger partial charge is 0.381 e. The molecule has 7 heteroatoms. The third-order valence-corrected chi connectivity index (χ3v) is 4.64. The number of nitrogens with zero attached hydrogens (tertiary/aromatic N) is 4. The van der Waals surface area contributed by atoms with Gasteiger partial charge in [0.25, 0.3) is 5.91 Å². The van der Waals surface area contributed by atoms with Crippen LogP contribution in [0.3, 0.4) is 0 Å². The van der Waals surface area contributed by atoms with E-state index in [0.717, 1.165) is 43.4 Å². The molecule has 0 bridgehead atoms. The maximum absolute atomic E-state index is 12.7. The highest BCUT2D eigenvalue weighted by molar-refractivity contribution is 5.94. The number of nitrogens with one attached hydrogen (secondary N) is 1. The van der Waals surface area contributed by atoms with Crippen LogP contribution in [0, 0.1) is 0 Å². The molecular formula is C16H19N5O2. The zero-order valence-corrected chi connectivity index (χ0v) is 13.0. The van der Waals surface area contributed by atoms with Crippen molar-refractivity contribution in [2.24, 2.45) is 0 Å². The molecule has 0 saturated heterocycles. The lowest BCUT2D eigenvalue weighted by molar-refractivity contribution is 0.0175. The van der Waals surface area contributed by atoms with Crippen LogP contribution in [0.25, 0.3) is 5.95 Å². The van der Waals surface area contributed by atoms with E-state index in [1.54, 1.807) is 30.4 Å². The van der Waals surface area contributed by atoms with Crippen LogP contribution < -0.4 is 5.32 Å². The summed E-state index contributed by atoms with van der Waals surface area (Å²) in [6.45, 7) is 0. The summed E-state index contributed by atoms with van der Waals surface area (Å²) >= 11 is 0. The van der Waals surface area contributed by atoms with Crippen molar-refractivity contribution >= 4 is 5.91 Å². The van der Waals surface area contributed by atoms with Gasteiger partial charge in [-0.05, 0) is 32.1 Å². The van der Waals surface area contributed by atoms with Crippen molar-refractivity contribution in [3.63, 3.8) is 0 Å². The summed E-state index contributed by atoms with van der Waals surface area (Å²) in [5.41, 5.74) is 2.49. The number of methoxy groups -OCH3 is 1. The number of amides is 1. The van der Waals surface area contributed by atoms with Crippen LogP contribution in [0.1, 0.15) is 41.0 Å².